The highest BCUT2D eigenvalue weighted by molar-refractivity contribution is 7.99. The average molecular weight is 291 g/mol. The fourth-order valence-corrected chi connectivity index (χ4v) is 2.29. The number of hydrogen-bond donors (Lipinski definition) is 1. The Labute approximate surface area is 119 Å². The SMILES string of the molecule is COC(=O)/C=C/CSc1nc2ccccc2c(=O)n1N. The van der Waals surface area contributed by atoms with E-state index in [2.05, 4.69) is 9.72 Å². The van der Waals surface area contributed by atoms with Gasteiger partial charge < -0.3 is 10.6 Å². The Hall–Kier alpha value is -2.28. The van der Waals surface area contributed by atoms with Crippen LogP contribution in [0.2, 0.25) is 0 Å². The zero-order chi connectivity index (χ0) is 14.5. The molecular weight excluding hydrogens is 278 g/mol. The number of aromatic nitrogens is 2. The third kappa shape index (κ3) is 3.00. The van der Waals surface area contributed by atoms with Crippen LogP contribution in [-0.2, 0) is 9.53 Å². The molecule has 0 spiro atoms. The van der Waals surface area contributed by atoms with Gasteiger partial charge in [0.1, 0.15) is 0 Å². The molecule has 1 aromatic carbocycles. The Morgan fingerprint density at radius 2 is 2.25 bits per heavy atom. The van der Waals surface area contributed by atoms with Crippen LogP contribution < -0.4 is 11.4 Å². The minimum atomic E-state index is -0.429. The first-order valence-corrected chi connectivity index (χ1v) is 6.76. The molecule has 7 heteroatoms. The van der Waals surface area contributed by atoms with Crippen molar-refractivity contribution < 1.29 is 9.53 Å². The largest absolute Gasteiger partial charge is 0.466 e. The highest BCUT2D eigenvalue weighted by atomic mass is 32.2. The van der Waals surface area contributed by atoms with Gasteiger partial charge in [0.25, 0.3) is 5.56 Å². The third-order valence-corrected chi connectivity index (χ3v) is 3.44. The monoisotopic (exact) mass is 291 g/mol. The van der Waals surface area contributed by atoms with Gasteiger partial charge in [0.15, 0.2) is 5.16 Å². The molecule has 0 radical (unpaired) electrons. The fourth-order valence-electron chi connectivity index (χ4n) is 1.56. The van der Waals surface area contributed by atoms with Crippen molar-refractivity contribution in [3.8, 4) is 0 Å². The maximum absolute atomic E-state index is 12.0. The summed E-state index contributed by atoms with van der Waals surface area (Å²) < 4.78 is 5.49. The van der Waals surface area contributed by atoms with Crippen molar-refractivity contribution in [2.75, 3.05) is 18.7 Å². The molecule has 0 saturated carbocycles. The number of esters is 1. The van der Waals surface area contributed by atoms with Crippen LogP contribution in [0, 0.1) is 0 Å². The van der Waals surface area contributed by atoms with E-state index in [1.807, 2.05) is 0 Å². The summed E-state index contributed by atoms with van der Waals surface area (Å²) in [6.45, 7) is 0. The number of fused-ring (bicyclic) bond motifs is 1. The maximum atomic E-state index is 12.0. The highest BCUT2D eigenvalue weighted by Crippen LogP contribution is 2.15. The second kappa shape index (κ2) is 6.25. The summed E-state index contributed by atoms with van der Waals surface area (Å²) in [6.07, 6.45) is 2.94. The Balaban J connectivity index is 2.23. The molecule has 0 aliphatic rings. The molecule has 6 nitrogen and oxygen atoms in total. The smallest absolute Gasteiger partial charge is 0.330 e. The molecule has 0 saturated heterocycles. The van der Waals surface area contributed by atoms with Crippen LogP contribution in [0.25, 0.3) is 10.9 Å². The fraction of sp³-hybridized carbons (Fsp3) is 0.154. The van der Waals surface area contributed by atoms with Crippen molar-refractivity contribution in [2.24, 2.45) is 0 Å². The number of carbonyl (C=O) groups excluding carboxylic acids is 1. The topological polar surface area (TPSA) is 87.2 Å². The lowest BCUT2D eigenvalue weighted by Gasteiger charge is -2.06. The van der Waals surface area contributed by atoms with Gasteiger partial charge in [-0.2, -0.15) is 0 Å². The van der Waals surface area contributed by atoms with Crippen LogP contribution in [0.3, 0.4) is 0 Å². The Morgan fingerprint density at radius 1 is 1.50 bits per heavy atom. The summed E-state index contributed by atoms with van der Waals surface area (Å²) in [5.74, 6) is 5.75. The van der Waals surface area contributed by atoms with Gasteiger partial charge in [-0.3, -0.25) is 4.79 Å². The first kappa shape index (κ1) is 14.1. The Morgan fingerprint density at radius 3 is 3.00 bits per heavy atom. The normalized spacial score (nSPS) is 11.1. The zero-order valence-corrected chi connectivity index (χ0v) is 11.6. The lowest BCUT2D eigenvalue weighted by molar-refractivity contribution is -0.134. The minimum Gasteiger partial charge on any atom is -0.466 e. The molecule has 0 aliphatic carbocycles. The lowest BCUT2D eigenvalue weighted by Crippen LogP contribution is -2.29. The van der Waals surface area contributed by atoms with Gasteiger partial charge >= 0.3 is 5.97 Å². The molecule has 1 heterocycles. The van der Waals surface area contributed by atoms with Gasteiger partial charge in [0.2, 0.25) is 0 Å². The van der Waals surface area contributed by atoms with Crippen LogP contribution in [0.15, 0.2) is 46.4 Å². The molecule has 2 N–H and O–H groups in total. The van der Waals surface area contributed by atoms with Gasteiger partial charge in [-0.25, -0.2) is 14.5 Å². The summed E-state index contributed by atoms with van der Waals surface area (Å²) in [7, 11) is 1.31. The van der Waals surface area contributed by atoms with E-state index < -0.39 is 5.97 Å². The quantitative estimate of drug-likeness (QED) is 0.296. The lowest BCUT2D eigenvalue weighted by atomic mass is 10.2. The minimum absolute atomic E-state index is 0.296. The average Bonchev–Trinajstić information content (AvgIpc) is 2.48. The van der Waals surface area contributed by atoms with Crippen molar-refractivity contribution in [1.82, 2.24) is 9.66 Å². The second-order valence-electron chi connectivity index (χ2n) is 3.82. The number of benzene rings is 1. The summed E-state index contributed by atoms with van der Waals surface area (Å²) in [4.78, 5) is 27.3. The predicted molar refractivity (Wildman–Crippen MR) is 78.0 cm³/mol. The van der Waals surface area contributed by atoms with Crippen molar-refractivity contribution in [3.05, 3.63) is 46.8 Å². The van der Waals surface area contributed by atoms with Crippen molar-refractivity contribution >= 4 is 28.6 Å². The molecular formula is C13H13N3O3S. The van der Waals surface area contributed by atoms with E-state index in [9.17, 15) is 9.59 Å². The first-order valence-electron chi connectivity index (χ1n) is 5.77. The number of methoxy groups -OCH3 is 1. The third-order valence-electron chi connectivity index (χ3n) is 2.54. The van der Waals surface area contributed by atoms with Crippen molar-refractivity contribution in [3.63, 3.8) is 0 Å². The van der Waals surface area contributed by atoms with Crippen LogP contribution in [0.1, 0.15) is 0 Å². The maximum Gasteiger partial charge on any atom is 0.330 e. The van der Waals surface area contributed by atoms with E-state index in [0.717, 1.165) is 4.68 Å². The number of thioether (sulfide) groups is 1. The van der Waals surface area contributed by atoms with Crippen molar-refractivity contribution in [1.29, 1.82) is 0 Å². The van der Waals surface area contributed by atoms with E-state index in [-0.39, 0.29) is 5.56 Å². The van der Waals surface area contributed by atoms with Gasteiger partial charge in [-0.1, -0.05) is 30.0 Å². The van der Waals surface area contributed by atoms with Crippen LogP contribution >= 0.6 is 11.8 Å². The molecule has 1 aromatic heterocycles. The molecule has 20 heavy (non-hydrogen) atoms. The zero-order valence-electron chi connectivity index (χ0n) is 10.8. The Bertz CT molecular complexity index is 724. The van der Waals surface area contributed by atoms with Gasteiger partial charge in [0.05, 0.1) is 18.0 Å². The molecule has 0 atom stereocenters. The Kier molecular flexibility index (Phi) is 4.41. The van der Waals surface area contributed by atoms with Gasteiger partial charge in [-0.05, 0) is 12.1 Å². The molecule has 0 fully saturated rings. The van der Waals surface area contributed by atoms with E-state index in [0.29, 0.717) is 21.8 Å². The number of carbonyl (C=O) groups is 1. The van der Waals surface area contributed by atoms with E-state index in [1.165, 1.54) is 24.9 Å². The molecule has 0 aliphatic heterocycles. The summed E-state index contributed by atoms with van der Waals surface area (Å²) >= 11 is 1.26. The summed E-state index contributed by atoms with van der Waals surface area (Å²) in [6, 6.07) is 7.00. The number of hydrogen-bond acceptors (Lipinski definition) is 6. The van der Waals surface area contributed by atoms with Gasteiger partial charge in [-0.15, -0.1) is 0 Å². The molecule has 0 amide bonds. The summed E-state index contributed by atoms with van der Waals surface area (Å²) in [5.41, 5.74) is 0.300. The van der Waals surface area contributed by atoms with E-state index in [4.69, 9.17) is 5.84 Å². The van der Waals surface area contributed by atoms with Crippen LogP contribution in [0.4, 0.5) is 0 Å². The summed E-state index contributed by atoms with van der Waals surface area (Å²) in [5, 5.41) is 0.868. The van der Waals surface area contributed by atoms with E-state index >= 15 is 0 Å². The van der Waals surface area contributed by atoms with E-state index in [1.54, 1.807) is 30.3 Å². The molecule has 104 valence electrons. The number of ether oxygens (including phenoxy) is 1. The van der Waals surface area contributed by atoms with Crippen molar-refractivity contribution in [2.45, 2.75) is 5.16 Å². The number of nitrogens with two attached hydrogens (primary N) is 1. The second-order valence-corrected chi connectivity index (χ2v) is 4.81. The number of nitrogens with zero attached hydrogens (tertiary/aromatic N) is 2. The highest BCUT2D eigenvalue weighted by Gasteiger charge is 2.08. The molecule has 2 aromatic rings. The molecule has 2 rings (SSSR count). The predicted octanol–water partition coefficient (Wildman–Crippen LogP) is 0.932. The van der Waals surface area contributed by atoms with Gasteiger partial charge in [0, 0.05) is 11.8 Å². The van der Waals surface area contributed by atoms with Crippen LogP contribution in [0.5, 0.6) is 0 Å². The number of para-hydroxylation sites is 1. The number of nitrogen functional groups attached to an aromatic ring is 1. The molecule has 0 unspecified atom stereocenters. The molecule has 0 bridgehead atoms. The standard InChI is InChI=1S/C13H13N3O3S/c1-19-11(17)7-4-8-20-13-15-10-6-3-2-5-9(10)12(18)16(13)14/h2-7H,8,14H2,1H3/b7-4+. The number of rotatable bonds is 4. The van der Waals surface area contributed by atoms with Crippen LogP contribution in [-0.4, -0.2) is 28.5 Å². The first-order chi connectivity index (χ1) is 9.63.